The molecule has 0 spiro atoms. The van der Waals surface area contributed by atoms with E-state index in [1.54, 1.807) is 0 Å². The van der Waals surface area contributed by atoms with Crippen LogP contribution in [0.5, 0.6) is 0 Å². The molecule has 0 nitrogen and oxygen atoms in total. The summed E-state index contributed by atoms with van der Waals surface area (Å²) in [6.45, 7) is 0. The average Bonchev–Trinajstić information content (AvgIpc) is 2.98. The molecular weight excluding hydrogens is 1540 g/mol. The fourth-order valence-electron chi connectivity index (χ4n) is 3.63. The fraction of sp³-hybridized carbons (Fsp3) is 0.947. The van der Waals surface area contributed by atoms with Gasteiger partial charge in [0.2, 0.25) is 0 Å². The van der Waals surface area contributed by atoms with Crippen LogP contribution in [0.3, 0.4) is 0 Å². The Bertz CT molecular complexity index is 1380. The summed E-state index contributed by atoms with van der Waals surface area (Å²) in [5, 5.41) is -1.50. The zero-order valence-corrected chi connectivity index (χ0v) is 51.5. The molecule has 0 N–H and O–H groups in total. The van der Waals surface area contributed by atoms with E-state index in [9.17, 15) is 0 Å². The van der Waals surface area contributed by atoms with Gasteiger partial charge in [-0.25, -0.2) is 0 Å². The van der Waals surface area contributed by atoms with Gasteiger partial charge < -0.3 is 0 Å². The van der Waals surface area contributed by atoms with Crippen LogP contribution in [0.15, 0.2) is 0 Å². The summed E-state index contributed by atoms with van der Waals surface area (Å²) >= 11 is 243. The quantitative estimate of drug-likeness (QED) is 0.212. The van der Waals surface area contributed by atoms with Crippen LogP contribution in [0.25, 0.3) is 0 Å². The molecule has 1 aliphatic rings. The van der Waals surface area contributed by atoms with Crippen LogP contribution in [0, 0.1) is 5.38 Å². The largest absolute Gasteiger partial charge is 0.189 e. The number of alkyl halides is 36. The van der Waals surface area contributed by atoms with Crippen molar-refractivity contribution < 1.29 is 0 Å². The zero-order valence-electron chi connectivity index (χ0n) is 23.5. The highest BCUT2D eigenvalue weighted by Gasteiger charge is 2.89. The summed E-state index contributed by atoms with van der Waals surface area (Å²) in [7, 11) is 0. The fourth-order valence-corrected chi connectivity index (χ4v) is 17.4. The highest BCUT2D eigenvalue weighted by atomic mass is 35.6. The molecule has 0 unspecified atom stereocenters. The minimum Gasteiger partial charge on any atom is -0.110 e. The topological polar surface area (TPSA) is 0 Å². The molecular formula is C19Cl37. The van der Waals surface area contributed by atoms with Gasteiger partial charge in [-0.05, 0) is 0 Å². The molecule has 56 heavy (non-hydrogen) atoms. The Kier molecular flexibility index (Phi) is 21.5. The second-order valence-corrected chi connectivity index (χ2v) is 34.9. The third-order valence-corrected chi connectivity index (χ3v) is 34.8. The molecule has 0 heterocycles. The summed E-state index contributed by atoms with van der Waals surface area (Å²) in [4.78, 5) is 0. The number of rotatable bonds is 0. The summed E-state index contributed by atoms with van der Waals surface area (Å²) in [6.07, 6.45) is 0. The van der Waals surface area contributed by atoms with Gasteiger partial charge in [-0.15, -0.1) is 11.6 Å². The molecule has 1 saturated carbocycles. The summed E-state index contributed by atoms with van der Waals surface area (Å²) in [5.74, 6) is 0. The van der Waals surface area contributed by atoms with Gasteiger partial charge >= 0.3 is 0 Å². The molecule has 0 aromatic rings. The first-order valence-corrected chi connectivity index (χ1v) is 25.7. The van der Waals surface area contributed by atoms with Gasteiger partial charge in [0.1, 0.15) is 5.38 Å². The van der Waals surface area contributed by atoms with Crippen LogP contribution in [0.4, 0.5) is 0 Å². The van der Waals surface area contributed by atoms with Crippen LogP contribution in [0.1, 0.15) is 0 Å². The van der Waals surface area contributed by atoms with Crippen molar-refractivity contribution in [2.45, 2.75) is 78.0 Å². The standard InChI is InChI=1S/C19Cl37/c20-1-2(21,22)4(25,26)6(29,30)8(33,34)10(37,38)12(41,42)14(45,46)16(49,50)18(53,54)19(55,56)17(51,52)15(47,48)13(43,44)11(39,40)9(35,36)7(31,32)5(27,28)3(1,23)24. The van der Waals surface area contributed by atoms with Crippen molar-refractivity contribution in [3.8, 4) is 0 Å². The Hall–Kier alpha value is 10.7. The summed E-state index contributed by atoms with van der Waals surface area (Å²) in [5.41, 5.74) is 0. The smallest absolute Gasteiger partial charge is 0.110 e. The van der Waals surface area contributed by atoms with E-state index in [1.165, 1.54) is 0 Å². The molecule has 0 aromatic carbocycles. The van der Waals surface area contributed by atoms with Crippen molar-refractivity contribution in [2.24, 2.45) is 0 Å². The van der Waals surface area contributed by atoms with E-state index in [4.69, 9.17) is 429 Å². The Morgan fingerprint density at radius 2 is 0.214 bits per heavy atom. The average molecular weight is 1540 g/mol. The molecule has 1 aliphatic carbocycles. The third-order valence-electron chi connectivity index (χ3n) is 7.26. The van der Waals surface area contributed by atoms with Gasteiger partial charge in [0.05, 0.1) is 0 Å². The molecule has 0 bridgehead atoms. The zero-order chi connectivity index (χ0) is 46.6. The van der Waals surface area contributed by atoms with Crippen LogP contribution in [-0.4, -0.2) is 78.0 Å². The van der Waals surface area contributed by atoms with E-state index in [0.29, 0.717) is 0 Å². The van der Waals surface area contributed by atoms with Gasteiger partial charge in [-0.3, -0.25) is 0 Å². The van der Waals surface area contributed by atoms with Crippen LogP contribution >= 0.6 is 429 Å². The predicted molar refractivity (Wildman–Crippen MR) is 269 cm³/mol. The van der Waals surface area contributed by atoms with Crippen LogP contribution in [0.2, 0.25) is 0 Å². The lowest BCUT2D eigenvalue weighted by atomic mass is 9.96. The molecule has 0 atom stereocenters. The Morgan fingerprint density at radius 1 is 0.143 bits per heavy atom. The van der Waals surface area contributed by atoms with Crippen molar-refractivity contribution in [1.29, 1.82) is 0 Å². The molecule has 335 valence electrons. The first-order valence-electron chi connectivity index (χ1n) is 11.7. The normalized spacial score (nSPS) is 33.8. The Morgan fingerprint density at radius 3 is 0.304 bits per heavy atom. The summed E-state index contributed by atoms with van der Waals surface area (Å²) < 4.78 is -65.4. The van der Waals surface area contributed by atoms with Gasteiger partial charge in [0.15, 0.2) is 78.0 Å². The van der Waals surface area contributed by atoms with E-state index in [-0.39, 0.29) is 0 Å². The molecule has 1 fully saturated rings. The van der Waals surface area contributed by atoms with Gasteiger partial charge in [-0.2, -0.15) is 0 Å². The van der Waals surface area contributed by atoms with E-state index in [2.05, 4.69) is 0 Å². The van der Waals surface area contributed by atoms with E-state index >= 15 is 0 Å². The second kappa shape index (κ2) is 18.6. The van der Waals surface area contributed by atoms with E-state index in [0.717, 1.165) is 0 Å². The highest BCUT2D eigenvalue weighted by molar-refractivity contribution is 6.86. The van der Waals surface area contributed by atoms with Gasteiger partial charge in [0.25, 0.3) is 0 Å². The maximum Gasteiger partial charge on any atom is 0.189 e. The minimum atomic E-state index is -3.69. The van der Waals surface area contributed by atoms with E-state index in [1.807, 2.05) is 0 Å². The van der Waals surface area contributed by atoms with Crippen molar-refractivity contribution in [3.63, 3.8) is 0 Å². The monoisotopic (exact) mass is 1520 g/mol. The number of hydrogen-bond donors (Lipinski definition) is 0. The lowest BCUT2D eigenvalue weighted by Crippen LogP contribution is -2.76. The first-order chi connectivity index (χ1) is 23.4. The van der Waals surface area contributed by atoms with Crippen LogP contribution in [-0.2, 0) is 0 Å². The molecule has 0 aromatic heterocycles. The molecule has 1 radical (unpaired) electrons. The Balaban J connectivity index is 4.92. The number of halogens is 37. The van der Waals surface area contributed by atoms with Crippen molar-refractivity contribution in [3.05, 3.63) is 5.38 Å². The van der Waals surface area contributed by atoms with Crippen molar-refractivity contribution in [2.75, 3.05) is 0 Å². The van der Waals surface area contributed by atoms with Gasteiger partial charge in [-0.1, -0.05) is 418 Å². The Labute approximate surface area is 504 Å². The van der Waals surface area contributed by atoms with Crippen molar-refractivity contribution >= 4 is 429 Å². The SMILES string of the molecule is Cl[C]1C(Cl)(Cl)C(Cl)(Cl)C(Cl)(Cl)C(Cl)(Cl)C(Cl)(Cl)C(Cl)(Cl)C(Cl)(Cl)C(Cl)(Cl)C(Cl)(Cl)C(Cl)(Cl)C(Cl)(Cl)C(Cl)(Cl)C(Cl)(Cl)C(Cl)(Cl)C(Cl)(Cl)C(Cl)(Cl)C(Cl)(Cl)C1(Cl)Cl. The molecule has 1 rings (SSSR count). The second-order valence-electron chi connectivity index (χ2n) is 10.7. The molecule has 37 heteroatoms. The maximum absolute atomic E-state index is 6.59. The third kappa shape index (κ3) is 8.51. The van der Waals surface area contributed by atoms with Gasteiger partial charge in [0, 0.05) is 0 Å². The lowest BCUT2D eigenvalue weighted by Gasteiger charge is -2.58. The number of hydrogen-bond acceptors (Lipinski definition) is 0. The molecule has 0 saturated heterocycles. The maximum atomic E-state index is 6.59. The minimum absolute atomic E-state index is 1.50. The molecule has 0 aliphatic heterocycles. The lowest BCUT2D eigenvalue weighted by molar-refractivity contribution is 0.394. The predicted octanol–water partition coefficient (Wildman–Crippen LogP) is 21.9. The highest BCUT2D eigenvalue weighted by Crippen LogP contribution is 2.80. The van der Waals surface area contributed by atoms with E-state index < -0.39 is 83.4 Å². The van der Waals surface area contributed by atoms with Crippen molar-refractivity contribution in [1.82, 2.24) is 0 Å². The first kappa shape index (κ1) is 64.7. The summed E-state index contributed by atoms with van der Waals surface area (Å²) in [6, 6.07) is 0. The van der Waals surface area contributed by atoms with Crippen LogP contribution < -0.4 is 0 Å². The molecule has 0 amide bonds.